The highest BCUT2D eigenvalue weighted by atomic mass is 19.4. The predicted octanol–water partition coefficient (Wildman–Crippen LogP) is 1.39. The van der Waals surface area contributed by atoms with Crippen molar-refractivity contribution in [3.63, 3.8) is 0 Å². The van der Waals surface area contributed by atoms with E-state index in [4.69, 9.17) is 19.4 Å². The van der Waals surface area contributed by atoms with Crippen molar-refractivity contribution >= 4 is 58.4 Å². The number of amides is 5. The second kappa shape index (κ2) is 19.4. The van der Waals surface area contributed by atoms with Crippen molar-refractivity contribution in [2.24, 2.45) is 0 Å². The fraction of sp³-hybridized carbons (Fsp3) is 0.351. The molecule has 0 unspecified atom stereocenters. The van der Waals surface area contributed by atoms with Crippen LogP contribution < -0.4 is 30.9 Å². The Bertz CT molecular complexity index is 1870. The fourth-order valence-electron chi connectivity index (χ4n) is 5.52. The first-order chi connectivity index (χ1) is 26.1. The Morgan fingerprint density at radius 3 is 2.24 bits per heavy atom. The van der Waals surface area contributed by atoms with Crippen LogP contribution in [0, 0.1) is 6.92 Å². The van der Waals surface area contributed by atoms with Crippen LogP contribution in [-0.4, -0.2) is 106 Å². The Morgan fingerprint density at radius 2 is 1.58 bits per heavy atom. The van der Waals surface area contributed by atoms with E-state index in [2.05, 4.69) is 16.0 Å². The number of likely N-dealkylation sites (N-methyl/N-ethyl adjacent to an activating group) is 1. The number of para-hydroxylation sites is 1. The standard InChI is InChI=1S/C35H40N6O7.C2HF3O2/c1-24-5-3-4-6-29(24)38-35(46)37-26-9-7-25(8-10-26)21-31(42)36-27-11-12-30-28(22-27)34(45)41(23-32(43)39(30)2)14-13-33(44)48-20-17-40-15-18-47-19-16-40;3-2(4,5)1(6)7/h3-12,22H,13-21,23H2,1-2H3,(H,36,42)(H2,37,38,46);(H,6,7). The van der Waals surface area contributed by atoms with Crippen LogP contribution in [0.25, 0.3) is 0 Å². The monoisotopic (exact) mass is 770 g/mol. The Morgan fingerprint density at radius 1 is 0.927 bits per heavy atom. The zero-order valence-electron chi connectivity index (χ0n) is 30.1. The first-order valence-electron chi connectivity index (χ1n) is 17.2. The number of halogens is 3. The molecule has 1 saturated heterocycles. The minimum absolute atomic E-state index is 0.0239. The molecule has 4 N–H and O–H groups in total. The number of alkyl halides is 3. The summed E-state index contributed by atoms with van der Waals surface area (Å²) >= 11 is 0. The summed E-state index contributed by atoms with van der Waals surface area (Å²) in [5, 5.41) is 17.2. The van der Waals surface area contributed by atoms with Crippen LogP contribution in [-0.2, 0) is 35.1 Å². The molecule has 3 aromatic carbocycles. The largest absolute Gasteiger partial charge is 0.542 e. The van der Waals surface area contributed by atoms with Gasteiger partial charge in [-0.05, 0) is 54.4 Å². The van der Waals surface area contributed by atoms with Gasteiger partial charge < -0.3 is 50.0 Å². The van der Waals surface area contributed by atoms with E-state index < -0.39 is 24.0 Å². The molecule has 0 atom stereocenters. The number of carboxylic acids is 1. The number of carbonyl (C=O) groups is 6. The van der Waals surface area contributed by atoms with E-state index in [9.17, 15) is 37.1 Å². The van der Waals surface area contributed by atoms with Crippen LogP contribution in [0.4, 0.5) is 40.7 Å². The van der Waals surface area contributed by atoms with Gasteiger partial charge in [-0.15, -0.1) is 0 Å². The van der Waals surface area contributed by atoms with Crippen LogP contribution in [0.15, 0.2) is 66.7 Å². The van der Waals surface area contributed by atoms with Gasteiger partial charge in [0.1, 0.15) is 38.8 Å². The van der Waals surface area contributed by atoms with Crippen LogP contribution in [0.5, 0.6) is 0 Å². The summed E-state index contributed by atoms with van der Waals surface area (Å²) in [7, 11) is 1.59. The number of quaternary nitrogens is 1. The lowest BCUT2D eigenvalue weighted by Crippen LogP contribution is -3.14. The third-order valence-corrected chi connectivity index (χ3v) is 8.57. The van der Waals surface area contributed by atoms with Crippen molar-refractivity contribution in [1.29, 1.82) is 0 Å². The normalized spacial score (nSPS) is 14.5. The number of nitrogens with one attached hydrogen (secondary N) is 4. The van der Waals surface area contributed by atoms with Gasteiger partial charge in [-0.2, -0.15) is 13.2 Å². The van der Waals surface area contributed by atoms with Crippen molar-refractivity contribution in [3.8, 4) is 0 Å². The van der Waals surface area contributed by atoms with Gasteiger partial charge in [0.2, 0.25) is 11.8 Å². The fourth-order valence-corrected chi connectivity index (χ4v) is 5.52. The molecule has 18 heteroatoms. The number of urea groups is 1. The quantitative estimate of drug-likeness (QED) is 0.209. The van der Waals surface area contributed by atoms with Gasteiger partial charge in [0.15, 0.2) is 0 Å². The topological polar surface area (TPSA) is 191 Å². The number of benzene rings is 3. The molecule has 0 aliphatic carbocycles. The summed E-state index contributed by atoms with van der Waals surface area (Å²) < 4.78 is 42.3. The Kier molecular flexibility index (Phi) is 14.7. The lowest BCUT2D eigenvalue weighted by atomic mass is 10.1. The van der Waals surface area contributed by atoms with Gasteiger partial charge in [-0.3, -0.25) is 19.2 Å². The third kappa shape index (κ3) is 12.8. The van der Waals surface area contributed by atoms with Crippen molar-refractivity contribution in [2.45, 2.75) is 25.9 Å². The number of fused-ring (bicyclic) bond motifs is 1. The summed E-state index contributed by atoms with van der Waals surface area (Å²) in [4.78, 5) is 77.0. The molecule has 2 heterocycles. The van der Waals surface area contributed by atoms with Gasteiger partial charge in [-0.1, -0.05) is 30.3 Å². The molecule has 0 saturated carbocycles. The lowest BCUT2D eigenvalue weighted by molar-refractivity contribution is -0.908. The van der Waals surface area contributed by atoms with E-state index in [-0.39, 0.29) is 55.9 Å². The molecule has 2 aliphatic rings. The third-order valence-electron chi connectivity index (χ3n) is 8.57. The first kappa shape index (κ1) is 41.7. The molecule has 0 radical (unpaired) electrons. The molecule has 3 aromatic rings. The van der Waals surface area contributed by atoms with Crippen LogP contribution in [0.1, 0.15) is 27.9 Å². The van der Waals surface area contributed by atoms with Crippen molar-refractivity contribution in [2.75, 3.05) is 80.4 Å². The number of aliphatic carboxylic acids is 1. The summed E-state index contributed by atoms with van der Waals surface area (Å²) in [6, 6.07) is 18.8. The number of hydrogen-bond acceptors (Lipinski definition) is 9. The van der Waals surface area contributed by atoms with Gasteiger partial charge in [0, 0.05) is 30.7 Å². The number of ether oxygens (including phenoxy) is 2. The number of rotatable bonds is 11. The minimum atomic E-state index is -5.19. The highest BCUT2D eigenvalue weighted by molar-refractivity contribution is 6.10. The summed E-state index contributed by atoms with van der Waals surface area (Å²) in [6.07, 6.45) is -5.18. The molecule has 1 fully saturated rings. The molecule has 5 rings (SSSR count). The number of carboxylic acid groups (broad SMARTS) is 1. The highest BCUT2D eigenvalue weighted by Crippen LogP contribution is 2.28. The Balaban J connectivity index is 0.000000876. The molecule has 294 valence electrons. The van der Waals surface area contributed by atoms with Crippen LogP contribution in [0.2, 0.25) is 0 Å². The van der Waals surface area contributed by atoms with E-state index in [1.54, 1.807) is 49.5 Å². The number of esters is 1. The average Bonchev–Trinajstić information content (AvgIpc) is 3.22. The number of hydrogen-bond donors (Lipinski definition) is 4. The van der Waals surface area contributed by atoms with Crippen molar-refractivity contribution < 1.29 is 61.4 Å². The SMILES string of the molecule is Cc1ccccc1NC(=O)Nc1ccc(CC(=O)Nc2ccc3c(c2)C(=O)N(CCC(=O)OCC[NH+]2CCOCC2)CC(=O)N3C)cc1.O=C([O-])C(F)(F)F. The molecule has 2 aliphatic heterocycles. The van der Waals surface area contributed by atoms with Crippen molar-refractivity contribution in [3.05, 3.63) is 83.4 Å². The average molecular weight is 771 g/mol. The van der Waals surface area contributed by atoms with Crippen molar-refractivity contribution in [1.82, 2.24) is 4.90 Å². The summed E-state index contributed by atoms with van der Waals surface area (Å²) in [5.41, 5.74) is 3.99. The first-order valence-corrected chi connectivity index (χ1v) is 17.2. The maximum absolute atomic E-state index is 13.5. The molecule has 0 aromatic heterocycles. The molecule has 0 spiro atoms. The summed E-state index contributed by atoms with van der Waals surface area (Å²) in [5.74, 6) is -4.46. The minimum Gasteiger partial charge on any atom is -0.542 e. The number of carbonyl (C=O) groups excluding carboxylic acids is 6. The van der Waals surface area contributed by atoms with Gasteiger partial charge in [0.05, 0.1) is 37.3 Å². The predicted molar refractivity (Wildman–Crippen MR) is 191 cm³/mol. The zero-order valence-corrected chi connectivity index (χ0v) is 30.1. The smallest absolute Gasteiger partial charge is 0.430 e. The Labute approximate surface area is 314 Å². The van der Waals surface area contributed by atoms with Gasteiger partial charge in [0.25, 0.3) is 5.91 Å². The molecular weight excluding hydrogens is 729 g/mol. The maximum Gasteiger partial charge on any atom is 0.430 e. The van der Waals surface area contributed by atoms with E-state index >= 15 is 0 Å². The summed E-state index contributed by atoms with van der Waals surface area (Å²) in [6.45, 7) is 5.86. The zero-order chi connectivity index (χ0) is 40.1. The molecule has 15 nitrogen and oxygen atoms in total. The van der Waals surface area contributed by atoms with E-state index in [1.807, 2.05) is 31.2 Å². The number of morpholine rings is 1. The van der Waals surface area contributed by atoms with Crippen LogP contribution >= 0.6 is 0 Å². The number of anilines is 4. The van der Waals surface area contributed by atoms with E-state index in [1.165, 1.54) is 14.7 Å². The number of aryl methyl sites for hydroxylation is 1. The van der Waals surface area contributed by atoms with E-state index in [0.29, 0.717) is 42.5 Å². The Hall–Kier alpha value is -6.01. The lowest BCUT2D eigenvalue weighted by Gasteiger charge is -2.23. The highest BCUT2D eigenvalue weighted by Gasteiger charge is 2.31. The van der Waals surface area contributed by atoms with Gasteiger partial charge >= 0.3 is 18.2 Å². The molecule has 5 amide bonds. The van der Waals surface area contributed by atoms with E-state index in [0.717, 1.165) is 24.2 Å². The second-order valence-corrected chi connectivity index (χ2v) is 12.6. The molecular formula is C37H41F3N6O9. The molecule has 0 bridgehead atoms. The second-order valence-electron chi connectivity index (χ2n) is 12.6. The maximum atomic E-state index is 13.5. The molecule has 55 heavy (non-hydrogen) atoms. The van der Waals surface area contributed by atoms with Crippen LogP contribution in [0.3, 0.4) is 0 Å². The van der Waals surface area contributed by atoms with Gasteiger partial charge in [-0.25, -0.2) is 4.79 Å². The number of nitrogens with zero attached hydrogens (tertiary/aromatic N) is 2.